The highest BCUT2D eigenvalue weighted by Crippen LogP contribution is 2.30. The van der Waals surface area contributed by atoms with Crippen LogP contribution in [-0.4, -0.2) is 19.7 Å². The topological polar surface area (TPSA) is 56.7 Å². The van der Waals surface area contributed by atoms with Crippen LogP contribution in [0, 0.1) is 0 Å². The second-order valence-electron chi connectivity index (χ2n) is 4.70. The summed E-state index contributed by atoms with van der Waals surface area (Å²) in [6, 6.07) is 4.63. The lowest BCUT2D eigenvalue weighted by atomic mass is 10.1. The second-order valence-corrected chi connectivity index (χ2v) is 5.64. The number of imidazole rings is 1. The lowest BCUT2D eigenvalue weighted by Crippen LogP contribution is -2.04. The van der Waals surface area contributed by atoms with Gasteiger partial charge in [0.1, 0.15) is 0 Å². The zero-order valence-electron chi connectivity index (χ0n) is 11.9. The van der Waals surface area contributed by atoms with Crippen LogP contribution < -0.4 is 0 Å². The predicted octanol–water partition coefficient (Wildman–Crippen LogP) is 3.78. The van der Waals surface area contributed by atoms with Gasteiger partial charge in [0.25, 0.3) is 0 Å². The molecule has 0 N–H and O–H groups in total. The quantitative estimate of drug-likeness (QED) is 0.677. The van der Waals surface area contributed by atoms with Crippen molar-refractivity contribution in [2.45, 2.75) is 17.1 Å². The van der Waals surface area contributed by atoms with E-state index in [-0.39, 0.29) is 5.82 Å². The lowest BCUT2D eigenvalue weighted by Gasteiger charge is -2.05. The molecule has 0 amide bonds. The molecule has 0 unspecified atom stereocenters. The molecule has 0 saturated heterocycles. The number of aryl methyl sites for hydroxylation is 1. The van der Waals surface area contributed by atoms with Crippen LogP contribution in [0.1, 0.15) is 11.5 Å². The van der Waals surface area contributed by atoms with E-state index in [1.165, 1.54) is 23.9 Å². The molecule has 0 bridgehead atoms. The Hall–Kier alpha value is -2.29. The molecule has 3 rings (SSSR count). The summed E-state index contributed by atoms with van der Waals surface area (Å²) in [5.41, 5.74) is -0.245. The van der Waals surface area contributed by atoms with E-state index < -0.39 is 11.7 Å². The molecule has 0 aliphatic heterocycles. The van der Waals surface area contributed by atoms with Gasteiger partial charge in [-0.3, -0.25) is 0 Å². The predicted molar refractivity (Wildman–Crippen MR) is 77.5 cm³/mol. The van der Waals surface area contributed by atoms with Crippen LogP contribution in [0.3, 0.4) is 0 Å². The number of halogens is 3. The molecule has 0 fully saturated rings. The molecule has 23 heavy (non-hydrogen) atoms. The van der Waals surface area contributed by atoms with Gasteiger partial charge in [-0.1, -0.05) is 29.1 Å². The summed E-state index contributed by atoms with van der Waals surface area (Å²) in [7, 11) is 1.87. The normalized spacial score (nSPS) is 11.8. The van der Waals surface area contributed by atoms with Crippen LogP contribution in [0.25, 0.3) is 11.4 Å². The van der Waals surface area contributed by atoms with Gasteiger partial charge in [0, 0.05) is 25.0 Å². The molecule has 3 aromatic rings. The number of hydrogen-bond acceptors (Lipinski definition) is 5. The average molecular weight is 340 g/mol. The minimum Gasteiger partial charge on any atom is -0.338 e. The van der Waals surface area contributed by atoms with Crippen molar-refractivity contribution in [3.8, 4) is 11.4 Å². The molecule has 2 heterocycles. The molecular formula is C14H11F3N4OS. The van der Waals surface area contributed by atoms with E-state index in [0.29, 0.717) is 17.2 Å². The maximum absolute atomic E-state index is 12.5. The fourth-order valence-electron chi connectivity index (χ4n) is 1.86. The summed E-state index contributed by atoms with van der Waals surface area (Å²) in [4.78, 5) is 8.34. The fourth-order valence-corrected chi connectivity index (χ4v) is 2.63. The highest BCUT2D eigenvalue weighted by atomic mass is 32.2. The molecule has 5 nitrogen and oxygen atoms in total. The van der Waals surface area contributed by atoms with Crippen LogP contribution in [0.15, 0.2) is 46.3 Å². The Labute approximate surface area is 133 Å². The number of rotatable bonds is 4. The minimum absolute atomic E-state index is 0.258. The van der Waals surface area contributed by atoms with Crippen molar-refractivity contribution < 1.29 is 17.7 Å². The van der Waals surface area contributed by atoms with Gasteiger partial charge in [-0.05, 0) is 12.1 Å². The number of nitrogens with zero attached hydrogens (tertiary/aromatic N) is 4. The lowest BCUT2D eigenvalue weighted by molar-refractivity contribution is -0.137. The van der Waals surface area contributed by atoms with E-state index in [4.69, 9.17) is 4.52 Å². The van der Waals surface area contributed by atoms with Gasteiger partial charge in [-0.15, -0.1) is 0 Å². The molecule has 2 aromatic heterocycles. The first-order valence-corrected chi connectivity index (χ1v) is 7.52. The van der Waals surface area contributed by atoms with Crippen molar-refractivity contribution in [1.82, 2.24) is 19.7 Å². The summed E-state index contributed by atoms with van der Waals surface area (Å²) in [5, 5.41) is 4.60. The van der Waals surface area contributed by atoms with Crippen LogP contribution in [0.2, 0.25) is 0 Å². The third kappa shape index (κ3) is 3.55. The maximum atomic E-state index is 12.5. The van der Waals surface area contributed by atoms with Gasteiger partial charge < -0.3 is 9.09 Å². The second kappa shape index (κ2) is 6.07. The maximum Gasteiger partial charge on any atom is 0.416 e. The van der Waals surface area contributed by atoms with Crippen LogP contribution >= 0.6 is 11.8 Å². The zero-order chi connectivity index (χ0) is 16.4. The smallest absolute Gasteiger partial charge is 0.338 e. The Morgan fingerprint density at radius 1 is 1.22 bits per heavy atom. The van der Waals surface area contributed by atoms with Crippen molar-refractivity contribution in [1.29, 1.82) is 0 Å². The average Bonchev–Trinajstić information content (AvgIpc) is 3.13. The third-order valence-corrected chi connectivity index (χ3v) is 4.08. The number of benzene rings is 1. The van der Waals surface area contributed by atoms with E-state index in [9.17, 15) is 13.2 Å². The van der Waals surface area contributed by atoms with Gasteiger partial charge in [0.15, 0.2) is 5.16 Å². The van der Waals surface area contributed by atoms with Crippen molar-refractivity contribution >= 4 is 11.8 Å². The Kier molecular flexibility index (Phi) is 4.12. The zero-order valence-corrected chi connectivity index (χ0v) is 12.7. The van der Waals surface area contributed by atoms with Crippen molar-refractivity contribution in [3.63, 3.8) is 0 Å². The fraction of sp³-hybridized carbons (Fsp3) is 0.214. The highest BCUT2D eigenvalue weighted by molar-refractivity contribution is 7.98. The number of thioether (sulfide) groups is 1. The molecular weight excluding hydrogens is 329 g/mol. The summed E-state index contributed by atoms with van der Waals surface area (Å²) in [5.74, 6) is 1.07. The summed E-state index contributed by atoms with van der Waals surface area (Å²) < 4.78 is 44.6. The molecule has 120 valence electrons. The van der Waals surface area contributed by atoms with Gasteiger partial charge in [0.05, 0.1) is 11.3 Å². The van der Waals surface area contributed by atoms with Crippen LogP contribution in [0.5, 0.6) is 0 Å². The van der Waals surface area contributed by atoms with Gasteiger partial charge in [0.2, 0.25) is 11.7 Å². The first kappa shape index (κ1) is 15.6. The van der Waals surface area contributed by atoms with Gasteiger partial charge in [-0.25, -0.2) is 4.98 Å². The van der Waals surface area contributed by atoms with Crippen molar-refractivity contribution in [2.75, 3.05) is 0 Å². The van der Waals surface area contributed by atoms with Crippen molar-refractivity contribution in [2.24, 2.45) is 7.05 Å². The van der Waals surface area contributed by atoms with Gasteiger partial charge in [-0.2, -0.15) is 18.2 Å². The van der Waals surface area contributed by atoms with Gasteiger partial charge >= 0.3 is 6.18 Å². The van der Waals surface area contributed by atoms with E-state index in [1.807, 2.05) is 17.8 Å². The molecule has 0 radical (unpaired) electrons. The highest BCUT2D eigenvalue weighted by Gasteiger charge is 2.30. The molecule has 1 aromatic carbocycles. The first-order valence-electron chi connectivity index (χ1n) is 6.54. The number of aromatic nitrogens is 4. The van der Waals surface area contributed by atoms with E-state index in [1.54, 1.807) is 6.20 Å². The van der Waals surface area contributed by atoms with Crippen LogP contribution in [0.4, 0.5) is 13.2 Å². The summed E-state index contributed by atoms with van der Waals surface area (Å²) in [6.45, 7) is 0. The Morgan fingerprint density at radius 2 is 1.96 bits per heavy atom. The SMILES string of the molecule is Cn1ccnc1SCc1nc(-c2ccc(C(F)(F)F)cc2)no1. The largest absolute Gasteiger partial charge is 0.416 e. The van der Waals surface area contributed by atoms with E-state index in [2.05, 4.69) is 15.1 Å². The Morgan fingerprint density at radius 3 is 2.57 bits per heavy atom. The van der Waals surface area contributed by atoms with Crippen molar-refractivity contribution in [3.05, 3.63) is 48.1 Å². The van der Waals surface area contributed by atoms with E-state index >= 15 is 0 Å². The standard InChI is InChI=1S/C14H11F3N4OS/c1-21-7-6-18-13(21)23-8-11-19-12(20-22-11)9-2-4-10(5-3-9)14(15,16)17/h2-7H,8H2,1H3. The van der Waals surface area contributed by atoms with E-state index in [0.717, 1.165) is 17.3 Å². The Bertz CT molecular complexity index is 795. The summed E-state index contributed by atoms with van der Waals surface area (Å²) in [6.07, 6.45) is -0.854. The monoisotopic (exact) mass is 340 g/mol. The molecule has 0 aliphatic carbocycles. The molecule has 0 aliphatic rings. The number of alkyl halides is 3. The molecule has 0 spiro atoms. The number of hydrogen-bond donors (Lipinski definition) is 0. The molecule has 0 atom stereocenters. The Balaban J connectivity index is 1.70. The minimum atomic E-state index is -4.36. The molecule has 9 heteroatoms. The summed E-state index contributed by atoms with van der Waals surface area (Å²) >= 11 is 1.43. The molecule has 0 saturated carbocycles. The third-order valence-electron chi connectivity index (χ3n) is 3.04. The van der Waals surface area contributed by atoms with Crippen LogP contribution in [-0.2, 0) is 19.0 Å². The first-order chi connectivity index (χ1) is 10.9.